The van der Waals surface area contributed by atoms with Crippen LogP contribution in [0.5, 0.6) is 0 Å². The van der Waals surface area contributed by atoms with Crippen molar-refractivity contribution in [3.8, 4) is 0 Å². The van der Waals surface area contributed by atoms with Gasteiger partial charge in [-0.15, -0.1) is 10.2 Å². The number of nitrogens with two attached hydrogens (primary N) is 1. The molecule has 0 amide bonds. The maximum absolute atomic E-state index is 12.1. The number of nitrogen functional groups attached to an aromatic ring is 1. The van der Waals surface area contributed by atoms with Crippen LogP contribution in [0.2, 0.25) is 0 Å². The molecular weight excluding hydrogens is 274 g/mol. The number of anilines is 1. The smallest absolute Gasteiger partial charge is 0.270 e. The Balaban J connectivity index is 2.86. The van der Waals surface area contributed by atoms with Crippen LogP contribution < -0.4 is 10.5 Å². The average molecular weight is 293 g/mol. The topological polar surface area (TPSA) is 101 Å². The van der Waals surface area contributed by atoms with Crippen LogP contribution >= 0.6 is 11.3 Å². The van der Waals surface area contributed by atoms with Gasteiger partial charge >= 0.3 is 0 Å². The molecule has 1 aromatic heterocycles. The van der Waals surface area contributed by atoms with E-state index in [0.29, 0.717) is 6.54 Å². The molecule has 3 N–H and O–H groups in total. The largest absolute Gasteiger partial charge is 0.374 e. The zero-order valence-electron chi connectivity index (χ0n) is 10.9. The molecule has 0 saturated heterocycles. The Morgan fingerprint density at radius 2 is 2.00 bits per heavy atom. The molecule has 0 fully saturated rings. The van der Waals surface area contributed by atoms with Crippen molar-refractivity contribution in [2.24, 2.45) is 5.92 Å². The van der Waals surface area contributed by atoms with Crippen molar-refractivity contribution in [3.63, 3.8) is 0 Å². The van der Waals surface area contributed by atoms with E-state index in [4.69, 9.17) is 5.73 Å². The SMILES string of the molecule is CC(C)C(CN(C)C)NS(=O)(=O)c1nnc(N)s1. The summed E-state index contributed by atoms with van der Waals surface area (Å²) in [6, 6.07) is -0.185. The lowest BCUT2D eigenvalue weighted by Crippen LogP contribution is -2.44. The Kier molecular flexibility index (Phi) is 5.02. The van der Waals surface area contributed by atoms with E-state index in [1.807, 2.05) is 32.8 Å². The molecule has 1 rings (SSSR count). The van der Waals surface area contributed by atoms with Gasteiger partial charge in [-0.2, -0.15) is 0 Å². The van der Waals surface area contributed by atoms with Crippen LogP contribution in [0.3, 0.4) is 0 Å². The van der Waals surface area contributed by atoms with Gasteiger partial charge in [0.05, 0.1) is 0 Å². The number of hydrogen-bond acceptors (Lipinski definition) is 7. The zero-order valence-corrected chi connectivity index (χ0v) is 12.5. The third-order valence-corrected chi connectivity index (χ3v) is 4.93. The standard InChI is InChI=1S/C9H19N5O2S2/c1-6(2)7(5-14(3)4)13-18(15,16)9-12-11-8(10)17-9/h6-7,13H,5H2,1-4H3,(H2,10,11). The molecule has 0 spiro atoms. The second kappa shape index (κ2) is 5.91. The molecule has 1 unspecified atom stereocenters. The average Bonchev–Trinajstić information content (AvgIpc) is 2.63. The highest BCUT2D eigenvalue weighted by atomic mass is 32.2. The maximum atomic E-state index is 12.1. The van der Waals surface area contributed by atoms with E-state index in [0.717, 1.165) is 11.3 Å². The van der Waals surface area contributed by atoms with Gasteiger partial charge in [-0.3, -0.25) is 0 Å². The molecule has 9 heteroatoms. The third-order valence-electron chi connectivity index (χ3n) is 2.33. The number of aromatic nitrogens is 2. The van der Waals surface area contributed by atoms with Crippen LogP contribution in [0.1, 0.15) is 13.8 Å². The van der Waals surface area contributed by atoms with Gasteiger partial charge in [0.2, 0.25) is 9.47 Å². The zero-order chi connectivity index (χ0) is 13.9. The van der Waals surface area contributed by atoms with E-state index in [1.54, 1.807) is 0 Å². The molecule has 18 heavy (non-hydrogen) atoms. The molecule has 0 aromatic carbocycles. The van der Waals surface area contributed by atoms with E-state index >= 15 is 0 Å². The minimum atomic E-state index is -3.64. The number of rotatable bonds is 6. The maximum Gasteiger partial charge on any atom is 0.270 e. The Labute approximate surface area is 111 Å². The summed E-state index contributed by atoms with van der Waals surface area (Å²) in [7, 11) is 0.150. The summed E-state index contributed by atoms with van der Waals surface area (Å²) in [4.78, 5) is 1.93. The number of nitrogens with one attached hydrogen (secondary N) is 1. The minimum Gasteiger partial charge on any atom is -0.374 e. The molecule has 1 aromatic rings. The second-order valence-electron chi connectivity index (χ2n) is 4.64. The van der Waals surface area contributed by atoms with E-state index in [2.05, 4.69) is 14.9 Å². The normalized spacial score (nSPS) is 14.3. The Morgan fingerprint density at radius 1 is 1.39 bits per heavy atom. The van der Waals surface area contributed by atoms with Crippen molar-refractivity contribution in [2.45, 2.75) is 24.2 Å². The summed E-state index contributed by atoms with van der Waals surface area (Å²) in [6.07, 6.45) is 0. The van der Waals surface area contributed by atoms with Gasteiger partial charge < -0.3 is 10.6 Å². The minimum absolute atomic E-state index is 0.0931. The van der Waals surface area contributed by atoms with E-state index in [9.17, 15) is 8.42 Å². The highest BCUT2D eigenvalue weighted by molar-refractivity contribution is 7.91. The van der Waals surface area contributed by atoms with Crippen molar-refractivity contribution in [1.82, 2.24) is 19.8 Å². The second-order valence-corrected chi connectivity index (χ2v) is 7.54. The molecule has 1 heterocycles. The summed E-state index contributed by atoms with van der Waals surface area (Å²) in [5, 5.41) is 7.21. The molecule has 0 bridgehead atoms. The van der Waals surface area contributed by atoms with Crippen LogP contribution in [0, 0.1) is 5.92 Å². The first-order chi connectivity index (χ1) is 8.22. The molecule has 0 saturated carbocycles. The molecule has 0 radical (unpaired) electrons. The van der Waals surface area contributed by atoms with Crippen molar-refractivity contribution in [3.05, 3.63) is 0 Å². The van der Waals surface area contributed by atoms with Gasteiger partial charge in [0.1, 0.15) is 0 Å². The fraction of sp³-hybridized carbons (Fsp3) is 0.778. The quantitative estimate of drug-likeness (QED) is 0.764. The van der Waals surface area contributed by atoms with Crippen LogP contribution in [0.15, 0.2) is 4.34 Å². The molecule has 0 aliphatic rings. The summed E-state index contributed by atoms with van der Waals surface area (Å²) >= 11 is 0.859. The van der Waals surface area contributed by atoms with Gasteiger partial charge in [0, 0.05) is 12.6 Å². The van der Waals surface area contributed by atoms with Gasteiger partial charge in [-0.05, 0) is 20.0 Å². The molecule has 7 nitrogen and oxygen atoms in total. The van der Waals surface area contributed by atoms with E-state index in [1.165, 1.54) is 0 Å². The first kappa shape index (κ1) is 15.3. The highest BCUT2D eigenvalue weighted by Crippen LogP contribution is 2.18. The number of nitrogens with zero attached hydrogens (tertiary/aromatic N) is 3. The predicted molar refractivity (Wildman–Crippen MR) is 71.8 cm³/mol. The lowest BCUT2D eigenvalue weighted by atomic mass is 10.1. The monoisotopic (exact) mass is 293 g/mol. The van der Waals surface area contributed by atoms with Gasteiger partial charge in [0.25, 0.3) is 10.0 Å². The molecule has 0 aliphatic heterocycles. The Morgan fingerprint density at radius 3 is 2.39 bits per heavy atom. The predicted octanol–water partition coefficient (Wildman–Crippen LogP) is -0.0152. The van der Waals surface area contributed by atoms with Gasteiger partial charge in [0.15, 0.2) is 0 Å². The van der Waals surface area contributed by atoms with Crippen LogP contribution in [0.4, 0.5) is 5.13 Å². The lowest BCUT2D eigenvalue weighted by molar-refractivity contribution is 0.314. The van der Waals surface area contributed by atoms with Gasteiger partial charge in [-0.1, -0.05) is 25.2 Å². The summed E-state index contributed by atoms with van der Waals surface area (Å²) in [5.41, 5.74) is 5.39. The van der Waals surface area contributed by atoms with E-state index in [-0.39, 0.29) is 21.4 Å². The van der Waals surface area contributed by atoms with Crippen LogP contribution in [-0.2, 0) is 10.0 Å². The highest BCUT2D eigenvalue weighted by Gasteiger charge is 2.25. The number of likely N-dealkylation sites (N-methyl/N-ethyl adjacent to an activating group) is 1. The fourth-order valence-electron chi connectivity index (χ4n) is 1.36. The molecular formula is C9H19N5O2S2. The molecule has 1 atom stereocenters. The van der Waals surface area contributed by atoms with Crippen LogP contribution in [-0.4, -0.2) is 50.2 Å². The van der Waals surface area contributed by atoms with Gasteiger partial charge in [-0.25, -0.2) is 13.1 Å². The summed E-state index contributed by atoms with van der Waals surface area (Å²) < 4.78 is 26.7. The van der Waals surface area contributed by atoms with Crippen LogP contribution in [0.25, 0.3) is 0 Å². The Bertz CT molecular complexity index is 483. The van der Waals surface area contributed by atoms with Crippen molar-refractivity contribution in [1.29, 1.82) is 0 Å². The fourth-order valence-corrected chi connectivity index (χ4v) is 3.53. The van der Waals surface area contributed by atoms with Crippen molar-refractivity contribution in [2.75, 3.05) is 26.4 Å². The third kappa shape index (κ3) is 4.16. The number of hydrogen-bond donors (Lipinski definition) is 2. The first-order valence-corrected chi connectivity index (χ1v) is 7.78. The van der Waals surface area contributed by atoms with E-state index < -0.39 is 10.0 Å². The lowest BCUT2D eigenvalue weighted by Gasteiger charge is -2.24. The number of sulfonamides is 1. The summed E-state index contributed by atoms with van der Waals surface area (Å²) in [6.45, 7) is 4.54. The molecule has 104 valence electrons. The van der Waals surface area contributed by atoms with Crippen molar-refractivity contribution < 1.29 is 8.42 Å². The first-order valence-electron chi connectivity index (χ1n) is 5.48. The Hall–Kier alpha value is -0.770. The summed E-state index contributed by atoms with van der Waals surface area (Å²) in [5.74, 6) is 0.174. The van der Waals surface area contributed by atoms with Crippen molar-refractivity contribution >= 4 is 26.5 Å². The molecule has 0 aliphatic carbocycles.